The summed E-state index contributed by atoms with van der Waals surface area (Å²) in [5, 5.41) is 3.44. The van der Waals surface area contributed by atoms with Crippen LogP contribution in [0.1, 0.15) is 37.5 Å². The lowest BCUT2D eigenvalue weighted by atomic mass is 10.0. The summed E-state index contributed by atoms with van der Waals surface area (Å²) in [4.78, 5) is 0. The lowest BCUT2D eigenvalue weighted by molar-refractivity contribution is 0.380. The van der Waals surface area contributed by atoms with Crippen LogP contribution in [-0.2, 0) is 0 Å². The van der Waals surface area contributed by atoms with E-state index >= 15 is 0 Å². The predicted molar refractivity (Wildman–Crippen MR) is 67.1 cm³/mol. The van der Waals surface area contributed by atoms with Crippen LogP contribution >= 0.6 is 15.9 Å². The monoisotopic (exact) mass is 283 g/mol. The molecule has 0 radical (unpaired) electrons. The highest BCUT2D eigenvalue weighted by Crippen LogP contribution is 2.60. The number of fused-ring (bicyclic) bond motifs is 1. The van der Waals surface area contributed by atoms with Crippen molar-refractivity contribution in [3.8, 4) is 0 Å². The maximum atomic E-state index is 5.62. The highest BCUT2D eigenvalue weighted by atomic mass is 79.9. The van der Waals surface area contributed by atoms with Gasteiger partial charge < -0.3 is 9.73 Å². The Kier molecular flexibility index (Phi) is 2.84. The quantitative estimate of drug-likeness (QED) is 0.914. The molecule has 3 atom stereocenters. The molecular weight excluding hydrogens is 266 g/mol. The first-order valence-corrected chi connectivity index (χ1v) is 7.02. The fourth-order valence-corrected chi connectivity index (χ4v) is 4.02. The second kappa shape index (κ2) is 4.19. The van der Waals surface area contributed by atoms with Crippen molar-refractivity contribution < 1.29 is 4.42 Å². The summed E-state index contributed by atoms with van der Waals surface area (Å²) in [6, 6.07) is 2.39. The average Bonchev–Trinajstić information content (AvgIpc) is 2.87. The molecule has 0 saturated heterocycles. The van der Waals surface area contributed by atoms with Crippen molar-refractivity contribution in [1.82, 2.24) is 5.32 Å². The van der Waals surface area contributed by atoms with Crippen molar-refractivity contribution in [2.45, 2.75) is 31.7 Å². The van der Waals surface area contributed by atoms with E-state index in [9.17, 15) is 0 Å². The maximum Gasteiger partial charge on any atom is 0.135 e. The minimum absolute atomic E-state index is 0.400. The van der Waals surface area contributed by atoms with E-state index in [-0.39, 0.29) is 0 Å². The van der Waals surface area contributed by atoms with Gasteiger partial charge in [-0.05, 0) is 59.6 Å². The zero-order chi connectivity index (χ0) is 11.1. The highest BCUT2D eigenvalue weighted by molar-refractivity contribution is 9.10. The van der Waals surface area contributed by atoms with Crippen LogP contribution in [-0.4, -0.2) is 7.05 Å². The Morgan fingerprint density at radius 2 is 2.06 bits per heavy atom. The number of hydrogen-bond donors (Lipinski definition) is 1. The van der Waals surface area contributed by atoms with Gasteiger partial charge in [0.25, 0.3) is 0 Å². The van der Waals surface area contributed by atoms with Crippen molar-refractivity contribution in [2.24, 2.45) is 17.8 Å². The van der Waals surface area contributed by atoms with Gasteiger partial charge in [-0.1, -0.05) is 12.8 Å². The number of nitrogens with one attached hydrogen (secondary N) is 1. The van der Waals surface area contributed by atoms with Crippen LogP contribution in [0.15, 0.2) is 21.2 Å². The van der Waals surface area contributed by atoms with Crippen molar-refractivity contribution in [2.75, 3.05) is 7.05 Å². The third kappa shape index (κ3) is 1.65. The Morgan fingerprint density at radius 3 is 2.56 bits per heavy atom. The summed E-state index contributed by atoms with van der Waals surface area (Å²) < 4.78 is 6.72. The molecule has 88 valence electrons. The molecule has 1 aromatic rings. The highest BCUT2D eigenvalue weighted by Gasteiger charge is 2.55. The normalized spacial score (nSPS) is 34.5. The molecule has 0 spiro atoms. The second-order valence-corrected chi connectivity index (χ2v) is 5.94. The summed E-state index contributed by atoms with van der Waals surface area (Å²) in [6.45, 7) is 0. The molecule has 1 aromatic heterocycles. The fourth-order valence-electron chi connectivity index (χ4n) is 3.57. The summed E-state index contributed by atoms with van der Waals surface area (Å²) in [6.07, 6.45) is 7.47. The van der Waals surface area contributed by atoms with Crippen LogP contribution in [0.5, 0.6) is 0 Å². The van der Waals surface area contributed by atoms with Crippen molar-refractivity contribution in [3.05, 3.63) is 22.6 Å². The van der Waals surface area contributed by atoms with Gasteiger partial charge >= 0.3 is 0 Å². The van der Waals surface area contributed by atoms with Gasteiger partial charge in [0.2, 0.25) is 0 Å². The van der Waals surface area contributed by atoms with Crippen LogP contribution in [0.25, 0.3) is 0 Å². The van der Waals surface area contributed by atoms with Crippen LogP contribution in [0.4, 0.5) is 0 Å². The van der Waals surface area contributed by atoms with Crippen LogP contribution in [0.2, 0.25) is 0 Å². The van der Waals surface area contributed by atoms with E-state index in [0.29, 0.717) is 6.04 Å². The first-order chi connectivity index (χ1) is 7.83. The van der Waals surface area contributed by atoms with E-state index < -0.39 is 0 Å². The number of rotatable bonds is 3. The van der Waals surface area contributed by atoms with E-state index in [4.69, 9.17) is 4.42 Å². The zero-order valence-electron chi connectivity index (χ0n) is 9.58. The van der Waals surface area contributed by atoms with Gasteiger partial charge in [-0.15, -0.1) is 0 Å². The van der Waals surface area contributed by atoms with Crippen LogP contribution < -0.4 is 5.32 Å². The molecule has 1 N–H and O–H groups in total. The van der Waals surface area contributed by atoms with Crippen molar-refractivity contribution >= 4 is 15.9 Å². The summed E-state index contributed by atoms with van der Waals surface area (Å²) >= 11 is 3.57. The molecule has 3 heteroatoms. The van der Waals surface area contributed by atoms with Gasteiger partial charge in [-0.25, -0.2) is 0 Å². The molecule has 2 fully saturated rings. The molecule has 0 amide bonds. The molecule has 1 heterocycles. The minimum Gasteiger partial charge on any atom is -0.466 e. The van der Waals surface area contributed by atoms with Gasteiger partial charge in [0.15, 0.2) is 0 Å². The van der Waals surface area contributed by atoms with E-state index in [1.165, 1.54) is 25.7 Å². The molecule has 2 aliphatic rings. The largest absolute Gasteiger partial charge is 0.466 e. The average molecular weight is 284 g/mol. The topological polar surface area (TPSA) is 25.2 Å². The minimum atomic E-state index is 0.400. The second-order valence-electron chi connectivity index (χ2n) is 5.09. The first-order valence-electron chi connectivity index (χ1n) is 6.23. The Hall–Kier alpha value is -0.280. The summed E-state index contributed by atoms with van der Waals surface area (Å²) in [5.41, 5.74) is 0. The Bertz CT molecular complexity index is 364. The Labute approximate surface area is 105 Å². The molecule has 2 saturated carbocycles. The lowest BCUT2D eigenvalue weighted by Crippen LogP contribution is -2.19. The number of halogens is 1. The third-order valence-electron chi connectivity index (χ3n) is 4.35. The lowest BCUT2D eigenvalue weighted by Gasteiger charge is -2.14. The molecule has 0 bridgehead atoms. The first kappa shape index (κ1) is 10.8. The van der Waals surface area contributed by atoms with E-state index in [1.54, 1.807) is 6.26 Å². The van der Waals surface area contributed by atoms with E-state index in [0.717, 1.165) is 28.0 Å². The van der Waals surface area contributed by atoms with E-state index in [1.807, 2.05) is 13.1 Å². The molecule has 0 aliphatic heterocycles. The standard InChI is InChI=1S/C13H18BrNO/c1-15-12(13-10(14)6-7-16-13)11-8-4-2-3-5-9(8)11/h6-9,11-12,15H,2-5H2,1H3. The molecule has 3 unspecified atom stereocenters. The molecular formula is C13H18BrNO. The van der Waals surface area contributed by atoms with E-state index in [2.05, 4.69) is 21.2 Å². The smallest absolute Gasteiger partial charge is 0.135 e. The van der Waals surface area contributed by atoms with Crippen LogP contribution in [0, 0.1) is 17.8 Å². The molecule has 2 nitrogen and oxygen atoms in total. The molecule has 2 aliphatic carbocycles. The van der Waals surface area contributed by atoms with Gasteiger partial charge in [0.05, 0.1) is 16.8 Å². The van der Waals surface area contributed by atoms with Gasteiger partial charge in [0.1, 0.15) is 5.76 Å². The Balaban J connectivity index is 1.80. The third-order valence-corrected chi connectivity index (χ3v) is 5.00. The van der Waals surface area contributed by atoms with Gasteiger partial charge in [0, 0.05) is 0 Å². The van der Waals surface area contributed by atoms with Gasteiger partial charge in [-0.3, -0.25) is 0 Å². The fraction of sp³-hybridized carbons (Fsp3) is 0.692. The number of furan rings is 1. The van der Waals surface area contributed by atoms with Crippen molar-refractivity contribution in [3.63, 3.8) is 0 Å². The number of hydrogen-bond acceptors (Lipinski definition) is 2. The molecule has 0 aromatic carbocycles. The van der Waals surface area contributed by atoms with Crippen LogP contribution in [0.3, 0.4) is 0 Å². The van der Waals surface area contributed by atoms with Gasteiger partial charge in [-0.2, -0.15) is 0 Å². The summed E-state index contributed by atoms with van der Waals surface area (Å²) in [7, 11) is 2.05. The predicted octanol–water partition coefficient (Wildman–Crippen LogP) is 3.74. The van der Waals surface area contributed by atoms with Crippen molar-refractivity contribution in [1.29, 1.82) is 0 Å². The summed E-state index contributed by atoms with van der Waals surface area (Å²) in [5.74, 6) is 3.78. The molecule has 3 rings (SSSR count). The SMILES string of the molecule is CNC(c1occc1Br)C1C2CCCCC21. The zero-order valence-corrected chi connectivity index (χ0v) is 11.2. The Morgan fingerprint density at radius 1 is 1.38 bits per heavy atom. The maximum absolute atomic E-state index is 5.62. The molecule has 16 heavy (non-hydrogen) atoms.